The number of benzene rings is 1. The van der Waals surface area contributed by atoms with Gasteiger partial charge in [0.25, 0.3) is 5.91 Å². The third-order valence-electron chi connectivity index (χ3n) is 8.47. The van der Waals surface area contributed by atoms with Crippen molar-refractivity contribution in [3.63, 3.8) is 0 Å². The molecule has 0 radical (unpaired) electrons. The third-order valence-corrected chi connectivity index (χ3v) is 8.47. The van der Waals surface area contributed by atoms with E-state index in [1.54, 1.807) is 23.2 Å². The summed E-state index contributed by atoms with van der Waals surface area (Å²) in [5.74, 6) is -0.338. The van der Waals surface area contributed by atoms with E-state index in [1.165, 1.54) is 17.6 Å². The molecule has 5 rings (SSSR count). The molecular weight excluding hydrogens is 546 g/mol. The molecule has 2 N–H and O–H groups in total. The zero-order valence-corrected chi connectivity index (χ0v) is 24.8. The lowest BCUT2D eigenvalue weighted by atomic mass is 9.96. The SMILES string of the molecule is Cc1ccc(N(C(=O)c2ccco2)C2CCN(CCc3ccccc3N(CC(=O)O)C(=O)NC3CCCCC3)CC2)nc1. The lowest BCUT2D eigenvalue weighted by molar-refractivity contribution is -0.135. The first kappa shape index (κ1) is 30.3. The summed E-state index contributed by atoms with van der Waals surface area (Å²) in [5, 5.41) is 12.7. The molecule has 3 heterocycles. The van der Waals surface area contributed by atoms with Gasteiger partial charge in [0, 0.05) is 43.6 Å². The molecule has 10 nitrogen and oxygen atoms in total. The van der Waals surface area contributed by atoms with Crippen molar-refractivity contribution < 1.29 is 23.9 Å². The highest BCUT2D eigenvalue weighted by molar-refractivity contribution is 6.04. The minimum atomic E-state index is -1.05. The van der Waals surface area contributed by atoms with E-state index in [1.807, 2.05) is 43.3 Å². The van der Waals surface area contributed by atoms with E-state index < -0.39 is 12.5 Å². The summed E-state index contributed by atoms with van der Waals surface area (Å²) in [6.45, 7) is 3.91. The number of hydrogen-bond acceptors (Lipinski definition) is 6. The van der Waals surface area contributed by atoms with Crippen LogP contribution in [0.1, 0.15) is 66.6 Å². The second kappa shape index (κ2) is 14.3. The highest BCUT2D eigenvalue weighted by atomic mass is 16.4. The molecule has 43 heavy (non-hydrogen) atoms. The van der Waals surface area contributed by atoms with Crippen LogP contribution in [0.25, 0.3) is 0 Å². The maximum atomic E-state index is 13.4. The van der Waals surface area contributed by atoms with E-state index in [4.69, 9.17) is 4.42 Å². The second-order valence-corrected chi connectivity index (χ2v) is 11.6. The molecule has 3 aromatic rings. The molecule has 2 aromatic heterocycles. The second-order valence-electron chi connectivity index (χ2n) is 11.6. The third kappa shape index (κ3) is 7.81. The van der Waals surface area contributed by atoms with Crippen LogP contribution in [0.5, 0.6) is 0 Å². The molecular formula is C33H41N5O5. The van der Waals surface area contributed by atoms with Crippen molar-refractivity contribution in [1.82, 2.24) is 15.2 Å². The van der Waals surface area contributed by atoms with Crippen LogP contribution in [0, 0.1) is 6.92 Å². The number of carbonyl (C=O) groups excluding carboxylic acids is 2. The molecule has 1 saturated heterocycles. The van der Waals surface area contributed by atoms with Gasteiger partial charge in [0.1, 0.15) is 12.4 Å². The Hall–Kier alpha value is -4.18. The van der Waals surface area contributed by atoms with Gasteiger partial charge < -0.3 is 19.7 Å². The minimum Gasteiger partial charge on any atom is -0.480 e. The van der Waals surface area contributed by atoms with Gasteiger partial charge >= 0.3 is 12.0 Å². The Morgan fingerprint density at radius 2 is 1.77 bits per heavy atom. The van der Waals surface area contributed by atoms with Crippen LogP contribution in [-0.2, 0) is 11.2 Å². The maximum absolute atomic E-state index is 13.4. The summed E-state index contributed by atoms with van der Waals surface area (Å²) in [7, 11) is 0. The average molecular weight is 588 g/mol. The van der Waals surface area contributed by atoms with Crippen molar-refractivity contribution in [2.24, 2.45) is 0 Å². The lowest BCUT2D eigenvalue weighted by Gasteiger charge is -2.38. The number of carboxylic acid groups (broad SMARTS) is 1. The number of amides is 3. The van der Waals surface area contributed by atoms with Gasteiger partial charge in [0.15, 0.2) is 5.76 Å². The standard InChI is InChI=1S/C33H41N5O5/c1-24-13-14-30(34-22-24)38(32(41)29-12-7-21-43-29)27-16-19-36(20-17-27)18-15-25-8-5-6-11-28(25)37(23-31(39)40)33(42)35-26-9-3-2-4-10-26/h5-8,11-14,21-22,26-27H,2-4,9-10,15-20,23H2,1H3,(H,35,42)(H,39,40). The summed E-state index contributed by atoms with van der Waals surface area (Å²) in [6, 6.07) is 14.5. The Labute approximate surface area is 252 Å². The number of nitrogens with one attached hydrogen (secondary N) is 1. The number of piperidine rings is 1. The summed E-state index contributed by atoms with van der Waals surface area (Å²) in [6.07, 6.45) is 10.7. The van der Waals surface area contributed by atoms with Gasteiger partial charge in [-0.05, 0) is 74.4 Å². The number of urea groups is 1. The number of pyridine rings is 1. The van der Waals surface area contributed by atoms with E-state index >= 15 is 0 Å². The van der Waals surface area contributed by atoms with Gasteiger partial charge in [-0.2, -0.15) is 0 Å². The highest BCUT2D eigenvalue weighted by Crippen LogP contribution is 2.27. The molecule has 1 aliphatic carbocycles. The van der Waals surface area contributed by atoms with Gasteiger partial charge in [0.2, 0.25) is 0 Å². The number of hydrogen-bond donors (Lipinski definition) is 2. The van der Waals surface area contributed by atoms with Gasteiger partial charge in [-0.3, -0.25) is 19.4 Å². The monoisotopic (exact) mass is 587 g/mol. The van der Waals surface area contributed by atoms with E-state index in [-0.39, 0.29) is 24.0 Å². The normalized spacial score (nSPS) is 16.5. The Kier molecular flexibility index (Phi) is 10.1. The first-order chi connectivity index (χ1) is 20.9. The van der Waals surface area contributed by atoms with E-state index in [0.717, 1.165) is 69.3 Å². The van der Waals surface area contributed by atoms with Crippen LogP contribution in [0.3, 0.4) is 0 Å². The Bertz CT molecular complexity index is 1360. The van der Waals surface area contributed by atoms with E-state index in [9.17, 15) is 19.5 Å². The number of rotatable bonds is 10. The quantitative estimate of drug-likeness (QED) is 0.332. The van der Waals surface area contributed by atoms with Crippen molar-refractivity contribution >= 4 is 29.4 Å². The van der Waals surface area contributed by atoms with Crippen LogP contribution >= 0.6 is 0 Å². The first-order valence-electron chi connectivity index (χ1n) is 15.3. The number of para-hydroxylation sites is 1. The molecule has 3 amide bonds. The summed E-state index contributed by atoms with van der Waals surface area (Å²) in [4.78, 5) is 48.5. The molecule has 2 fully saturated rings. The molecule has 0 spiro atoms. The first-order valence-corrected chi connectivity index (χ1v) is 15.3. The van der Waals surface area contributed by atoms with Gasteiger partial charge in [0.05, 0.1) is 6.26 Å². The fourth-order valence-electron chi connectivity index (χ4n) is 6.14. The number of carboxylic acids is 1. The number of likely N-dealkylation sites (tertiary alicyclic amines) is 1. The molecule has 1 saturated carbocycles. The molecule has 1 aromatic carbocycles. The number of anilines is 2. The largest absolute Gasteiger partial charge is 0.480 e. The predicted molar refractivity (Wildman–Crippen MR) is 164 cm³/mol. The Morgan fingerprint density at radius 1 is 1.00 bits per heavy atom. The summed E-state index contributed by atoms with van der Waals surface area (Å²) >= 11 is 0. The summed E-state index contributed by atoms with van der Waals surface area (Å²) in [5.41, 5.74) is 2.59. The number of aromatic nitrogens is 1. The fourth-order valence-corrected chi connectivity index (χ4v) is 6.14. The smallest absolute Gasteiger partial charge is 0.323 e. The van der Waals surface area contributed by atoms with E-state index in [2.05, 4.69) is 15.2 Å². The fraction of sp³-hybridized carbons (Fsp3) is 0.455. The topological polar surface area (TPSA) is 119 Å². The number of nitrogens with zero attached hydrogens (tertiary/aromatic N) is 4. The minimum absolute atomic E-state index is 0.0223. The molecule has 1 aliphatic heterocycles. The Balaban J connectivity index is 1.23. The zero-order valence-electron chi connectivity index (χ0n) is 24.8. The Morgan fingerprint density at radius 3 is 2.44 bits per heavy atom. The van der Waals surface area contributed by atoms with Crippen LogP contribution in [0.15, 0.2) is 65.4 Å². The maximum Gasteiger partial charge on any atom is 0.323 e. The van der Waals surface area contributed by atoms with Crippen LogP contribution < -0.4 is 15.1 Å². The van der Waals surface area contributed by atoms with Crippen molar-refractivity contribution in [2.45, 2.75) is 70.4 Å². The number of aryl methyl sites for hydroxylation is 1. The molecule has 0 atom stereocenters. The number of carbonyl (C=O) groups is 3. The molecule has 0 unspecified atom stereocenters. The molecule has 10 heteroatoms. The highest BCUT2D eigenvalue weighted by Gasteiger charge is 2.32. The number of furan rings is 1. The van der Waals surface area contributed by atoms with Crippen molar-refractivity contribution in [3.8, 4) is 0 Å². The van der Waals surface area contributed by atoms with E-state index in [0.29, 0.717) is 23.7 Å². The summed E-state index contributed by atoms with van der Waals surface area (Å²) < 4.78 is 5.44. The van der Waals surface area contributed by atoms with Crippen LogP contribution in [0.4, 0.5) is 16.3 Å². The van der Waals surface area contributed by atoms with Crippen molar-refractivity contribution in [2.75, 3.05) is 36.0 Å². The zero-order chi connectivity index (χ0) is 30.2. The van der Waals surface area contributed by atoms with Gasteiger partial charge in [-0.15, -0.1) is 0 Å². The molecule has 228 valence electrons. The average Bonchev–Trinajstić information content (AvgIpc) is 3.57. The predicted octanol–water partition coefficient (Wildman–Crippen LogP) is 5.27. The van der Waals surface area contributed by atoms with Crippen molar-refractivity contribution in [1.29, 1.82) is 0 Å². The van der Waals surface area contributed by atoms with Crippen molar-refractivity contribution in [3.05, 3.63) is 77.9 Å². The van der Waals surface area contributed by atoms with Gasteiger partial charge in [-0.25, -0.2) is 9.78 Å². The molecule has 2 aliphatic rings. The van der Waals surface area contributed by atoms with Crippen LogP contribution in [0.2, 0.25) is 0 Å². The number of aliphatic carboxylic acids is 1. The molecule has 0 bridgehead atoms. The lowest BCUT2D eigenvalue weighted by Crippen LogP contribution is -2.48. The van der Waals surface area contributed by atoms with Crippen LogP contribution in [-0.4, -0.2) is 71.2 Å². The van der Waals surface area contributed by atoms with Gasteiger partial charge in [-0.1, -0.05) is 43.5 Å².